The van der Waals surface area contributed by atoms with Gasteiger partial charge in [-0.05, 0) is 73.3 Å². The Bertz CT molecular complexity index is 1040. The van der Waals surface area contributed by atoms with Gasteiger partial charge in [0.2, 0.25) is 5.91 Å². The summed E-state index contributed by atoms with van der Waals surface area (Å²) in [5.74, 6) is -1.25. The molecule has 0 aromatic heterocycles. The number of benzene rings is 1. The van der Waals surface area contributed by atoms with E-state index in [-0.39, 0.29) is 24.9 Å². The number of fused-ring (bicyclic) bond motifs is 2. The topological polar surface area (TPSA) is 105 Å². The number of carbonyl (C=O) groups is 3. The number of carbonyl (C=O) groups excluding carboxylic acids is 2. The summed E-state index contributed by atoms with van der Waals surface area (Å²) in [6, 6.07) is 4.41. The van der Waals surface area contributed by atoms with E-state index in [2.05, 4.69) is 5.43 Å². The van der Waals surface area contributed by atoms with Crippen molar-refractivity contribution in [3.8, 4) is 0 Å². The van der Waals surface area contributed by atoms with E-state index in [1.807, 2.05) is 32.1 Å². The maximum atomic E-state index is 13.7. The first kappa shape index (κ1) is 24.8. The van der Waals surface area contributed by atoms with Crippen molar-refractivity contribution < 1.29 is 29.0 Å². The highest BCUT2D eigenvalue weighted by molar-refractivity contribution is 5.99. The van der Waals surface area contributed by atoms with E-state index < -0.39 is 23.8 Å². The van der Waals surface area contributed by atoms with Crippen molar-refractivity contribution in [2.24, 2.45) is 5.92 Å². The molecule has 0 radical (unpaired) electrons. The minimum absolute atomic E-state index is 0.0171. The van der Waals surface area contributed by atoms with Gasteiger partial charge in [0.05, 0.1) is 12.9 Å². The summed E-state index contributed by atoms with van der Waals surface area (Å²) < 4.78 is 11.2. The molecule has 0 saturated carbocycles. The normalized spacial score (nSPS) is 19.3. The van der Waals surface area contributed by atoms with Crippen LogP contribution in [0.25, 0.3) is 0 Å². The molecule has 35 heavy (non-hydrogen) atoms. The standard InChI is InChI=1S/C27H34N2O6/c1-17(2)14-22(27(32)33)29(26(31)21-9-5-7-19-6-3-4-8-20(19)21)28-25(30)11-10-18-15-24-23(35-16-18)12-13-34-24/h5,7,9,15-17,22-23H,3-4,6,8,10-14H2,1-2H3,(H,28,30)(H,32,33). The lowest BCUT2D eigenvalue weighted by molar-refractivity contribution is -0.145. The number of nitrogens with zero attached hydrogens (tertiary/aromatic N) is 1. The zero-order valence-electron chi connectivity index (χ0n) is 20.4. The minimum atomic E-state index is -1.17. The second kappa shape index (κ2) is 11.0. The summed E-state index contributed by atoms with van der Waals surface area (Å²) in [4.78, 5) is 38.8. The second-order valence-corrected chi connectivity index (χ2v) is 9.85. The predicted molar refractivity (Wildman–Crippen MR) is 129 cm³/mol. The Kier molecular flexibility index (Phi) is 7.78. The molecule has 2 amide bonds. The molecular formula is C27H34N2O6. The van der Waals surface area contributed by atoms with Crippen LogP contribution in [0.1, 0.15) is 73.9 Å². The summed E-state index contributed by atoms with van der Waals surface area (Å²) >= 11 is 0. The second-order valence-electron chi connectivity index (χ2n) is 9.85. The summed E-state index contributed by atoms with van der Waals surface area (Å²) in [6.07, 6.45) is 8.70. The zero-order valence-corrected chi connectivity index (χ0v) is 20.4. The summed E-state index contributed by atoms with van der Waals surface area (Å²) in [7, 11) is 0. The lowest BCUT2D eigenvalue weighted by atomic mass is 9.88. The quantitative estimate of drug-likeness (QED) is 0.545. The first-order valence-corrected chi connectivity index (χ1v) is 12.5. The number of amides is 2. The van der Waals surface area contributed by atoms with Crippen LogP contribution in [-0.4, -0.2) is 46.7 Å². The van der Waals surface area contributed by atoms with Gasteiger partial charge in [0.1, 0.15) is 5.76 Å². The van der Waals surface area contributed by atoms with Gasteiger partial charge in [-0.1, -0.05) is 26.0 Å². The molecule has 0 spiro atoms. The molecule has 2 heterocycles. The van der Waals surface area contributed by atoms with Gasteiger partial charge in [0, 0.05) is 18.4 Å². The van der Waals surface area contributed by atoms with Gasteiger partial charge in [-0.2, -0.15) is 0 Å². The Labute approximate surface area is 205 Å². The molecule has 1 aliphatic carbocycles. The average Bonchev–Trinajstić information content (AvgIpc) is 3.32. The van der Waals surface area contributed by atoms with E-state index in [9.17, 15) is 19.5 Å². The van der Waals surface area contributed by atoms with Gasteiger partial charge in [-0.25, -0.2) is 9.80 Å². The van der Waals surface area contributed by atoms with Crippen molar-refractivity contribution in [2.75, 3.05) is 6.61 Å². The molecule has 2 N–H and O–H groups in total. The number of ether oxygens (including phenoxy) is 2. The molecule has 8 nitrogen and oxygen atoms in total. The first-order valence-electron chi connectivity index (χ1n) is 12.5. The fourth-order valence-corrected chi connectivity index (χ4v) is 4.90. The number of hydrogen-bond acceptors (Lipinski definition) is 5. The van der Waals surface area contributed by atoms with Gasteiger partial charge in [-0.3, -0.25) is 15.0 Å². The molecule has 188 valence electrons. The van der Waals surface area contributed by atoms with Gasteiger partial charge < -0.3 is 14.6 Å². The van der Waals surface area contributed by atoms with E-state index in [1.165, 1.54) is 0 Å². The van der Waals surface area contributed by atoms with Crippen LogP contribution >= 0.6 is 0 Å². The Morgan fingerprint density at radius 1 is 1.20 bits per heavy atom. The Morgan fingerprint density at radius 2 is 2.00 bits per heavy atom. The Hall–Kier alpha value is -3.29. The molecule has 1 fully saturated rings. The molecule has 2 aliphatic heterocycles. The van der Waals surface area contributed by atoms with Crippen molar-refractivity contribution in [2.45, 2.75) is 77.4 Å². The van der Waals surface area contributed by atoms with E-state index in [1.54, 1.807) is 12.3 Å². The van der Waals surface area contributed by atoms with Crippen LogP contribution < -0.4 is 5.43 Å². The number of aryl methyl sites for hydroxylation is 1. The summed E-state index contributed by atoms with van der Waals surface area (Å²) in [6.45, 7) is 4.41. The van der Waals surface area contributed by atoms with Crippen LogP contribution in [0.2, 0.25) is 0 Å². The number of hydrazine groups is 1. The molecule has 1 aromatic rings. The summed E-state index contributed by atoms with van der Waals surface area (Å²) in [5.41, 5.74) is 6.00. The third kappa shape index (κ3) is 5.86. The molecule has 2 unspecified atom stereocenters. The Balaban J connectivity index is 1.52. The van der Waals surface area contributed by atoms with E-state index >= 15 is 0 Å². The van der Waals surface area contributed by atoms with E-state index in [0.717, 1.165) is 59.6 Å². The number of aliphatic carboxylic acids is 1. The highest BCUT2D eigenvalue weighted by atomic mass is 16.5. The maximum Gasteiger partial charge on any atom is 0.328 e. The molecule has 8 heteroatoms. The monoisotopic (exact) mass is 482 g/mol. The number of nitrogens with one attached hydrogen (secondary N) is 1. The van der Waals surface area contributed by atoms with Crippen molar-refractivity contribution in [3.63, 3.8) is 0 Å². The van der Waals surface area contributed by atoms with Crippen LogP contribution in [0.15, 0.2) is 41.9 Å². The van der Waals surface area contributed by atoms with Crippen molar-refractivity contribution in [1.82, 2.24) is 10.4 Å². The van der Waals surface area contributed by atoms with Crippen molar-refractivity contribution in [3.05, 3.63) is 58.6 Å². The minimum Gasteiger partial charge on any atom is -0.494 e. The lowest BCUT2D eigenvalue weighted by Gasteiger charge is -2.31. The van der Waals surface area contributed by atoms with Crippen LogP contribution in [0.5, 0.6) is 0 Å². The molecule has 3 aliphatic rings. The maximum absolute atomic E-state index is 13.7. The zero-order chi connectivity index (χ0) is 24.9. The SMILES string of the molecule is CC(C)CC(C(=O)O)N(NC(=O)CCC1=COC2CCOC2=C1)C(=O)c1cccc2c1CCCC2. The smallest absolute Gasteiger partial charge is 0.328 e. The number of allylic oxidation sites excluding steroid dienone is 2. The van der Waals surface area contributed by atoms with Crippen LogP contribution in [-0.2, 0) is 31.9 Å². The van der Waals surface area contributed by atoms with Gasteiger partial charge in [0.25, 0.3) is 5.91 Å². The lowest BCUT2D eigenvalue weighted by Crippen LogP contribution is -2.55. The Morgan fingerprint density at radius 3 is 2.77 bits per heavy atom. The van der Waals surface area contributed by atoms with E-state index in [0.29, 0.717) is 18.6 Å². The third-order valence-electron chi connectivity index (χ3n) is 6.70. The van der Waals surface area contributed by atoms with E-state index in [4.69, 9.17) is 9.47 Å². The fourth-order valence-electron chi connectivity index (χ4n) is 4.90. The van der Waals surface area contributed by atoms with Crippen LogP contribution in [0.4, 0.5) is 0 Å². The van der Waals surface area contributed by atoms with Gasteiger partial charge >= 0.3 is 5.97 Å². The van der Waals surface area contributed by atoms with Gasteiger partial charge in [-0.15, -0.1) is 0 Å². The number of rotatable bonds is 8. The van der Waals surface area contributed by atoms with Crippen molar-refractivity contribution in [1.29, 1.82) is 0 Å². The summed E-state index contributed by atoms with van der Waals surface area (Å²) in [5, 5.41) is 11.0. The molecule has 4 rings (SSSR count). The number of hydrogen-bond donors (Lipinski definition) is 2. The van der Waals surface area contributed by atoms with Crippen LogP contribution in [0, 0.1) is 5.92 Å². The first-order chi connectivity index (χ1) is 16.8. The molecule has 2 atom stereocenters. The third-order valence-corrected chi connectivity index (χ3v) is 6.70. The fraction of sp³-hybridized carbons (Fsp3) is 0.519. The molecule has 1 saturated heterocycles. The molecule has 1 aromatic carbocycles. The van der Waals surface area contributed by atoms with Crippen LogP contribution in [0.3, 0.4) is 0 Å². The van der Waals surface area contributed by atoms with Gasteiger partial charge in [0.15, 0.2) is 12.1 Å². The highest BCUT2D eigenvalue weighted by Crippen LogP contribution is 2.29. The molecule has 0 bridgehead atoms. The van der Waals surface area contributed by atoms with Crippen molar-refractivity contribution >= 4 is 17.8 Å². The largest absolute Gasteiger partial charge is 0.494 e. The number of carboxylic acids is 1. The predicted octanol–water partition coefficient (Wildman–Crippen LogP) is 3.91. The number of carboxylic acid groups (broad SMARTS) is 1. The highest BCUT2D eigenvalue weighted by Gasteiger charge is 2.34. The average molecular weight is 483 g/mol. The molecular weight excluding hydrogens is 448 g/mol.